The standard InChI is InChI=1S/C7H14N2O4/c1-2-4(7(12)13)9-3-5(10)6(8)11/h4-5,9-10H,2-3H2,1H3,(H2,8,11)(H,12,13). The summed E-state index contributed by atoms with van der Waals surface area (Å²) < 4.78 is 0. The molecule has 6 nitrogen and oxygen atoms in total. The molecule has 2 atom stereocenters. The third kappa shape index (κ3) is 4.44. The van der Waals surface area contributed by atoms with Crippen molar-refractivity contribution < 1.29 is 19.8 Å². The van der Waals surface area contributed by atoms with Gasteiger partial charge in [-0.2, -0.15) is 0 Å². The van der Waals surface area contributed by atoms with E-state index in [2.05, 4.69) is 5.32 Å². The van der Waals surface area contributed by atoms with Gasteiger partial charge in [0.25, 0.3) is 0 Å². The van der Waals surface area contributed by atoms with Gasteiger partial charge in [-0.05, 0) is 6.42 Å². The van der Waals surface area contributed by atoms with Gasteiger partial charge in [0.15, 0.2) is 0 Å². The number of hydrogen-bond acceptors (Lipinski definition) is 4. The maximum Gasteiger partial charge on any atom is 0.320 e. The number of aliphatic carboxylic acids is 1. The number of carboxylic acid groups (broad SMARTS) is 1. The molecule has 0 bridgehead atoms. The van der Waals surface area contributed by atoms with Crippen molar-refractivity contribution in [3.8, 4) is 0 Å². The fraction of sp³-hybridized carbons (Fsp3) is 0.714. The lowest BCUT2D eigenvalue weighted by molar-refractivity contribution is -0.140. The highest BCUT2D eigenvalue weighted by molar-refractivity contribution is 5.79. The van der Waals surface area contributed by atoms with Crippen molar-refractivity contribution >= 4 is 11.9 Å². The molecule has 0 aliphatic heterocycles. The average molecular weight is 190 g/mol. The largest absolute Gasteiger partial charge is 0.480 e. The van der Waals surface area contributed by atoms with Gasteiger partial charge in [-0.25, -0.2) is 0 Å². The normalized spacial score (nSPS) is 14.9. The Morgan fingerprint density at radius 3 is 2.38 bits per heavy atom. The predicted molar refractivity (Wildman–Crippen MR) is 44.9 cm³/mol. The van der Waals surface area contributed by atoms with E-state index in [1.54, 1.807) is 6.92 Å². The van der Waals surface area contributed by atoms with Gasteiger partial charge in [0, 0.05) is 6.54 Å². The van der Waals surface area contributed by atoms with E-state index in [0.29, 0.717) is 6.42 Å². The summed E-state index contributed by atoms with van der Waals surface area (Å²) in [5.41, 5.74) is 4.76. The first-order chi connectivity index (χ1) is 5.99. The van der Waals surface area contributed by atoms with Crippen LogP contribution in [0.25, 0.3) is 0 Å². The van der Waals surface area contributed by atoms with Crippen molar-refractivity contribution in [2.24, 2.45) is 5.73 Å². The number of nitrogens with two attached hydrogens (primary N) is 1. The number of carbonyl (C=O) groups excluding carboxylic acids is 1. The zero-order valence-electron chi connectivity index (χ0n) is 7.36. The molecular formula is C7H14N2O4. The summed E-state index contributed by atoms with van der Waals surface area (Å²) in [6, 6.07) is -0.756. The highest BCUT2D eigenvalue weighted by Crippen LogP contribution is 1.91. The van der Waals surface area contributed by atoms with E-state index >= 15 is 0 Å². The molecule has 0 fully saturated rings. The Morgan fingerprint density at radius 1 is 1.54 bits per heavy atom. The van der Waals surface area contributed by atoms with Crippen LogP contribution < -0.4 is 11.1 Å². The number of primary amides is 1. The number of hydrogen-bond donors (Lipinski definition) is 4. The molecule has 6 heteroatoms. The number of amides is 1. The minimum absolute atomic E-state index is 0.139. The molecule has 0 saturated carbocycles. The molecule has 0 rings (SSSR count). The first-order valence-corrected chi connectivity index (χ1v) is 3.92. The van der Waals surface area contributed by atoms with E-state index < -0.39 is 24.0 Å². The molecule has 0 spiro atoms. The zero-order valence-corrected chi connectivity index (χ0v) is 7.36. The second-order valence-electron chi connectivity index (χ2n) is 2.63. The van der Waals surface area contributed by atoms with Crippen molar-refractivity contribution in [3.05, 3.63) is 0 Å². The van der Waals surface area contributed by atoms with E-state index in [4.69, 9.17) is 15.9 Å². The first kappa shape index (κ1) is 11.9. The lowest BCUT2D eigenvalue weighted by Crippen LogP contribution is -2.44. The second kappa shape index (κ2) is 5.50. The van der Waals surface area contributed by atoms with Crippen LogP contribution in [0.5, 0.6) is 0 Å². The number of rotatable bonds is 6. The van der Waals surface area contributed by atoms with Gasteiger partial charge in [-0.3, -0.25) is 9.59 Å². The fourth-order valence-electron chi connectivity index (χ4n) is 0.761. The molecule has 13 heavy (non-hydrogen) atoms. The minimum atomic E-state index is -1.34. The van der Waals surface area contributed by atoms with Crippen molar-refractivity contribution in [2.45, 2.75) is 25.5 Å². The van der Waals surface area contributed by atoms with Crippen LogP contribution in [0.3, 0.4) is 0 Å². The van der Waals surface area contributed by atoms with Gasteiger partial charge in [0.05, 0.1) is 0 Å². The highest BCUT2D eigenvalue weighted by Gasteiger charge is 2.17. The van der Waals surface area contributed by atoms with Crippen LogP contribution >= 0.6 is 0 Å². The summed E-state index contributed by atoms with van der Waals surface area (Å²) in [5, 5.41) is 20.0. The monoisotopic (exact) mass is 190 g/mol. The number of nitrogens with one attached hydrogen (secondary N) is 1. The molecule has 0 aromatic heterocycles. The molecular weight excluding hydrogens is 176 g/mol. The highest BCUT2D eigenvalue weighted by atomic mass is 16.4. The molecule has 0 heterocycles. The van der Waals surface area contributed by atoms with Gasteiger partial charge >= 0.3 is 5.97 Å². The van der Waals surface area contributed by atoms with E-state index in [1.165, 1.54) is 0 Å². The van der Waals surface area contributed by atoms with Crippen LogP contribution in [0, 0.1) is 0 Å². The molecule has 0 saturated heterocycles. The Kier molecular flexibility index (Phi) is 5.01. The number of aliphatic hydroxyl groups excluding tert-OH is 1. The Labute approximate surface area is 75.7 Å². The molecule has 0 aliphatic carbocycles. The SMILES string of the molecule is CCC(NCC(O)C(N)=O)C(=O)O. The summed E-state index contributed by atoms with van der Waals surface area (Å²) in [6.45, 7) is 1.54. The van der Waals surface area contributed by atoms with Crippen molar-refractivity contribution in [2.75, 3.05) is 6.54 Å². The third-order valence-corrected chi connectivity index (χ3v) is 1.59. The summed E-state index contributed by atoms with van der Waals surface area (Å²) in [6.07, 6.45) is -0.964. The smallest absolute Gasteiger partial charge is 0.320 e. The Hall–Kier alpha value is -1.14. The number of carboxylic acids is 1. The van der Waals surface area contributed by atoms with Gasteiger partial charge in [0.2, 0.25) is 5.91 Å². The van der Waals surface area contributed by atoms with Crippen molar-refractivity contribution in [1.29, 1.82) is 0 Å². The Bertz CT molecular complexity index is 195. The molecule has 0 radical (unpaired) electrons. The molecule has 1 amide bonds. The predicted octanol–water partition coefficient (Wildman–Crippen LogP) is -1.71. The molecule has 0 aromatic rings. The molecule has 0 aromatic carbocycles. The molecule has 5 N–H and O–H groups in total. The molecule has 2 unspecified atom stereocenters. The van der Waals surface area contributed by atoms with Crippen LogP contribution in [0.15, 0.2) is 0 Å². The summed E-state index contributed by atoms with van der Waals surface area (Å²) in [5.74, 6) is -1.88. The van der Waals surface area contributed by atoms with Crippen LogP contribution in [0.1, 0.15) is 13.3 Å². The zero-order chi connectivity index (χ0) is 10.4. The topological polar surface area (TPSA) is 113 Å². The second-order valence-corrected chi connectivity index (χ2v) is 2.63. The maximum atomic E-state index is 10.5. The van der Waals surface area contributed by atoms with E-state index in [9.17, 15) is 9.59 Å². The van der Waals surface area contributed by atoms with Crippen LogP contribution in [0.2, 0.25) is 0 Å². The Balaban J connectivity index is 3.85. The maximum absolute atomic E-state index is 10.5. The molecule has 76 valence electrons. The summed E-state index contributed by atoms with van der Waals surface area (Å²) in [4.78, 5) is 20.8. The lowest BCUT2D eigenvalue weighted by atomic mass is 10.2. The van der Waals surface area contributed by atoms with Gasteiger partial charge < -0.3 is 21.3 Å². The van der Waals surface area contributed by atoms with E-state index in [-0.39, 0.29) is 6.54 Å². The first-order valence-electron chi connectivity index (χ1n) is 3.92. The number of carbonyl (C=O) groups is 2. The van der Waals surface area contributed by atoms with Crippen molar-refractivity contribution in [3.63, 3.8) is 0 Å². The lowest BCUT2D eigenvalue weighted by Gasteiger charge is -2.13. The Morgan fingerprint density at radius 2 is 2.08 bits per heavy atom. The minimum Gasteiger partial charge on any atom is -0.480 e. The number of aliphatic hydroxyl groups is 1. The van der Waals surface area contributed by atoms with Gasteiger partial charge in [-0.15, -0.1) is 0 Å². The van der Waals surface area contributed by atoms with Crippen molar-refractivity contribution in [1.82, 2.24) is 5.32 Å². The fourth-order valence-corrected chi connectivity index (χ4v) is 0.761. The summed E-state index contributed by atoms with van der Waals surface area (Å²) >= 11 is 0. The average Bonchev–Trinajstić information content (AvgIpc) is 2.04. The van der Waals surface area contributed by atoms with Crippen LogP contribution in [-0.2, 0) is 9.59 Å². The van der Waals surface area contributed by atoms with Crippen LogP contribution in [-0.4, -0.2) is 40.8 Å². The third-order valence-electron chi connectivity index (χ3n) is 1.59. The van der Waals surface area contributed by atoms with Crippen LogP contribution in [0.4, 0.5) is 0 Å². The molecule has 0 aliphatic rings. The van der Waals surface area contributed by atoms with E-state index in [0.717, 1.165) is 0 Å². The van der Waals surface area contributed by atoms with E-state index in [1.807, 2.05) is 0 Å². The van der Waals surface area contributed by atoms with Gasteiger partial charge in [0.1, 0.15) is 12.1 Å². The van der Waals surface area contributed by atoms with Gasteiger partial charge in [-0.1, -0.05) is 6.92 Å². The quantitative estimate of drug-likeness (QED) is 0.398. The summed E-state index contributed by atoms with van der Waals surface area (Å²) in [7, 11) is 0.